The third-order valence-corrected chi connectivity index (χ3v) is 0.658. The van der Waals surface area contributed by atoms with Gasteiger partial charge in [0.15, 0.2) is 0 Å². The van der Waals surface area contributed by atoms with E-state index in [0.717, 1.165) is 0 Å². The molecule has 0 bridgehead atoms. The van der Waals surface area contributed by atoms with Crippen LogP contribution >= 0.6 is 0 Å². The van der Waals surface area contributed by atoms with Gasteiger partial charge in [-0.05, 0) is 7.05 Å². The summed E-state index contributed by atoms with van der Waals surface area (Å²) < 4.78 is 33.6. The third kappa shape index (κ3) is 5.75. The van der Waals surface area contributed by atoms with Gasteiger partial charge >= 0.3 is 6.18 Å². The number of halogens is 3. The molecule has 0 aromatic carbocycles. The zero-order chi connectivity index (χ0) is 6.62. The molecule has 1 N–H and O–H groups in total. The van der Waals surface area contributed by atoms with Crippen LogP contribution in [0.15, 0.2) is 0 Å². The van der Waals surface area contributed by atoms with E-state index in [1.54, 1.807) is 0 Å². The van der Waals surface area contributed by atoms with E-state index in [9.17, 15) is 13.2 Å². The molecule has 4 heteroatoms. The normalized spacial score (nSPS) is 12.0. The molecule has 0 radical (unpaired) electrons. The summed E-state index contributed by atoms with van der Waals surface area (Å²) in [6.07, 6.45) is -4.76. The van der Waals surface area contributed by atoms with Gasteiger partial charge in [-0.1, -0.05) is 0 Å². The summed E-state index contributed by atoms with van der Waals surface area (Å²) in [4.78, 5) is 0. The molecule has 0 rings (SSSR count). The monoisotopic (exact) mass is 127 g/mol. The van der Waals surface area contributed by atoms with E-state index in [-0.39, 0.29) is 6.54 Å². The van der Waals surface area contributed by atoms with Gasteiger partial charge in [-0.25, -0.2) is 0 Å². The summed E-state index contributed by atoms with van der Waals surface area (Å²) in [6, 6.07) is 0. The van der Waals surface area contributed by atoms with Crippen LogP contribution in [0.3, 0.4) is 0 Å². The van der Waals surface area contributed by atoms with E-state index in [1.165, 1.54) is 7.05 Å². The summed E-state index contributed by atoms with van der Waals surface area (Å²) >= 11 is 0. The first-order chi connectivity index (χ1) is 3.56. The van der Waals surface area contributed by atoms with Crippen molar-refractivity contribution >= 4 is 0 Å². The molecule has 0 aromatic heterocycles. The molecule has 0 heterocycles. The van der Waals surface area contributed by atoms with Crippen molar-refractivity contribution in [1.29, 1.82) is 0 Å². The van der Waals surface area contributed by atoms with Crippen LogP contribution in [0, 0.1) is 0 Å². The van der Waals surface area contributed by atoms with Crippen LogP contribution in [0.4, 0.5) is 13.2 Å². The fourth-order valence-electron chi connectivity index (χ4n) is 0.267. The maximum Gasteiger partial charge on any atom is 0.390 e. The molecular weight excluding hydrogens is 119 g/mol. The van der Waals surface area contributed by atoms with Gasteiger partial charge in [-0.15, -0.1) is 0 Å². The van der Waals surface area contributed by atoms with Gasteiger partial charge in [-0.2, -0.15) is 13.2 Å². The number of rotatable bonds is 2. The van der Waals surface area contributed by atoms with Gasteiger partial charge in [0.1, 0.15) is 0 Å². The summed E-state index contributed by atoms with van der Waals surface area (Å²) in [5, 5.41) is 2.40. The quantitative estimate of drug-likeness (QED) is 0.586. The molecule has 0 saturated heterocycles. The molecule has 0 saturated carbocycles. The van der Waals surface area contributed by atoms with Gasteiger partial charge < -0.3 is 5.32 Å². The second kappa shape index (κ2) is 2.91. The van der Waals surface area contributed by atoms with Crippen molar-refractivity contribution in [3.63, 3.8) is 0 Å². The van der Waals surface area contributed by atoms with Crippen molar-refractivity contribution in [3.05, 3.63) is 0 Å². The predicted octanol–water partition coefficient (Wildman–Crippen LogP) is 1.16. The zero-order valence-electron chi connectivity index (χ0n) is 4.55. The van der Waals surface area contributed by atoms with Crippen LogP contribution < -0.4 is 5.32 Å². The first kappa shape index (κ1) is 7.75. The number of hydrogen-bond donors (Lipinski definition) is 1. The van der Waals surface area contributed by atoms with Gasteiger partial charge in [0.25, 0.3) is 0 Å². The number of hydrogen-bond acceptors (Lipinski definition) is 1. The van der Waals surface area contributed by atoms with Gasteiger partial charge in [0.05, 0.1) is 6.42 Å². The van der Waals surface area contributed by atoms with Crippen molar-refractivity contribution in [2.75, 3.05) is 13.6 Å². The topological polar surface area (TPSA) is 12.0 Å². The smallest absolute Gasteiger partial charge is 0.319 e. The van der Waals surface area contributed by atoms with E-state index in [4.69, 9.17) is 0 Å². The van der Waals surface area contributed by atoms with Gasteiger partial charge in [0.2, 0.25) is 0 Å². The molecule has 0 atom stereocenters. The van der Waals surface area contributed by atoms with Gasteiger partial charge in [0, 0.05) is 6.54 Å². The SMILES string of the molecule is CNCCC(F)(F)F. The standard InChI is InChI=1S/C4H8F3N/c1-8-3-2-4(5,6)7/h8H,2-3H2,1H3. The van der Waals surface area contributed by atoms with Gasteiger partial charge in [-0.3, -0.25) is 0 Å². The molecule has 0 spiro atoms. The van der Waals surface area contributed by atoms with Crippen molar-refractivity contribution < 1.29 is 13.2 Å². The Kier molecular flexibility index (Phi) is 2.82. The molecule has 0 aromatic rings. The first-order valence-corrected chi connectivity index (χ1v) is 2.27. The third-order valence-electron chi connectivity index (χ3n) is 0.658. The minimum absolute atomic E-state index is 0.00347. The Morgan fingerprint density at radius 3 is 2.00 bits per heavy atom. The summed E-state index contributed by atoms with van der Waals surface area (Å²) in [5.74, 6) is 0. The molecule has 1 nitrogen and oxygen atoms in total. The number of nitrogens with one attached hydrogen (secondary N) is 1. The van der Waals surface area contributed by atoms with Crippen molar-refractivity contribution in [2.45, 2.75) is 12.6 Å². The van der Waals surface area contributed by atoms with E-state index >= 15 is 0 Å². The zero-order valence-corrected chi connectivity index (χ0v) is 4.55. The summed E-state index contributed by atoms with van der Waals surface area (Å²) in [7, 11) is 1.49. The highest BCUT2D eigenvalue weighted by Gasteiger charge is 2.25. The van der Waals surface area contributed by atoms with Crippen LogP contribution in [-0.4, -0.2) is 19.8 Å². The minimum Gasteiger partial charge on any atom is -0.319 e. The Morgan fingerprint density at radius 2 is 1.88 bits per heavy atom. The van der Waals surface area contributed by atoms with Crippen LogP contribution in [0.1, 0.15) is 6.42 Å². The molecule has 0 unspecified atom stereocenters. The lowest BCUT2D eigenvalue weighted by Gasteiger charge is -2.03. The molecule has 8 heavy (non-hydrogen) atoms. The van der Waals surface area contributed by atoms with Crippen molar-refractivity contribution in [2.24, 2.45) is 0 Å². The Morgan fingerprint density at radius 1 is 1.38 bits per heavy atom. The molecule has 0 aliphatic rings. The fourth-order valence-corrected chi connectivity index (χ4v) is 0.267. The summed E-state index contributed by atoms with van der Waals surface area (Å²) in [6.45, 7) is 0.00347. The molecule has 50 valence electrons. The lowest BCUT2D eigenvalue weighted by atomic mass is 10.4. The predicted molar refractivity (Wildman–Crippen MR) is 24.6 cm³/mol. The Bertz CT molecular complexity index is 58.8. The maximum atomic E-state index is 11.2. The maximum absolute atomic E-state index is 11.2. The highest BCUT2D eigenvalue weighted by molar-refractivity contribution is 4.50. The average molecular weight is 127 g/mol. The van der Waals surface area contributed by atoms with E-state index < -0.39 is 12.6 Å². The minimum atomic E-state index is -4.01. The lowest BCUT2D eigenvalue weighted by Crippen LogP contribution is -2.17. The van der Waals surface area contributed by atoms with E-state index in [2.05, 4.69) is 5.32 Å². The highest BCUT2D eigenvalue weighted by Crippen LogP contribution is 2.17. The molecule has 0 amide bonds. The Balaban J connectivity index is 3.11. The summed E-state index contributed by atoms with van der Waals surface area (Å²) in [5.41, 5.74) is 0. The molecule has 0 aliphatic heterocycles. The average Bonchev–Trinajstić information content (AvgIpc) is 1.59. The second-order valence-electron chi connectivity index (χ2n) is 1.47. The second-order valence-corrected chi connectivity index (χ2v) is 1.47. The van der Waals surface area contributed by atoms with Crippen LogP contribution in [0.2, 0.25) is 0 Å². The van der Waals surface area contributed by atoms with E-state index in [0.29, 0.717) is 0 Å². The Labute approximate surface area is 45.9 Å². The van der Waals surface area contributed by atoms with Crippen LogP contribution in [0.25, 0.3) is 0 Å². The van der Waals surface area contributed by atoms with Crippen molar-refractivity contribution in [3.8, 4) is 0 Å². The van der Waals surface area contributed by atoms with Crippen molar-refractivity contribution in [1.82, 2.24) is 5.32 Å². The Hall–Kier alpha value is -0.250. The molecular formula is C4H8F3N. The molecule has 0 fully saturated rings. The number of alkyl halides is 3. The van der Waals surface area contributed by atoms with Crippen LogP contribution in [-0.2, 0) is 0 Å². The first-order valence-electron chi connectivity index (χ1n) is 2.27. The lowest BCUT2D eigenvalue weighted by molar-refractivity contribution is -0.133. The highest BCUT2D eigenvalue weighted by atomic mass is 19.4. The fraction of sp³-hybridized carbons (Fsp3) is 1.00. The largest absolute Gasteiger partial charge is 0.390 e. The van der Waals surface area contributed by atoms with Crippen LogP contribution in [0.5, 0.6) is 0 Å². The van der Waals surface area contributed by atoms with E-state index in [1.807, 2.05) is 0 Å². The molecule has 0 aliphatic carbocycles.